The molecule has 4 aromatic carbocycles. The normalized spacial score (nSPS) is 11.0. The summed E-state index contributed by atoms with van der Waals surface area (Å²) in [5.41, 5.74) is 5.76. The van der Waals surface area contributed by atoms with Crippen molar-refractivity contribution in [2.45, 2.75) is 12.8 Å². The van der Waals surface area contributed by atoms with Gasteiger partial charge < -0.3 is 8.83 Å². The van der Waals surface area contributed by atoms with E-state index in [0.29, 0.717) is 24.6 Å². The molecular formula is C32H24N2O2. The Hall–Kier alpha value is -4.70. The first-order valence-electron chi connectivity index (χ1n) is 12.1. The molecule has 0 saturated carbocycles. The topological polar surface area (TPSA) is 52.1 Å². The van der Waals surface area contributed by atoms with Gasteiger partial charge in [0.05, 0.1) is 0 Å². The van der Waals surface area contributed by atoms with Gasteiger partial charge >= 0.3 is 0 Å². The Kier molecular flexibility index (Phi) is 5.99. The second-order valence-electron chi connectivity index (χ2n) is 8.53. The predicted molar refractivity (Wildman–Crippen MR) is 142 cm³/mol. The third-order valence-corrected chi connectivity index (χ3v) is 6.06. The summed E-state index contributed by atoms with van der Waals surface area (Å²) in [6, 6.07) is 40.5. The fraction of sp³-hybridized carbons (Fsp3) is 0.0625. The van der Waals surface area contributed by atoms with Crippen LogP contribution >= 0.6 is 0 Å². The highest BCUT2D eigenvalue weighted by Gasteiger charge is 2.20. The van der Waals surface area contributed by atoms with Crippen LogP contribution in [0.1, 0.15) is 11.8 Å². The van der Waals surface area contributed by atoms with Crippen LogP contribution in [0.2, 0.25) is 0 Å². The molecule has 0 N–H and O–H groups in total. The van der Waals surface area contributed by atoms with E-state index < -0.39 is 0 Å². The molecule has 36 heavy (non-hydrogen) atoms. The van der Waals surface area contributed by atoms with Gasteiger partial charge in [0.15, 0.2) is 23.3 Å². The molecule has 6 rings (SSSR count). The molecule has 0 unspecified atom stereocenters. The fourth-order valence-corrected chi connectivity index (χ4v) is 4.31. The third kappa shape index (κ3) is 4.49. The molecule has 0 spiro atoms. The molecule has 4 heteroatoms. The quantitative estimate of drug-likeness (QED) is 0.237. The largest absolute Gasteiger partial charge is 0.440 e. The average molecular weight is 469 g/mol. The summed E-state index contributed by atoms with van der Waals surface area (Å²) < 4.78 is 12.6. The molecule has 0 bridgehead atoms. The van der Waals surface area contributed by atoms with Crippen LogP contribution in [0.25, 0.3) is 45.2 Å². The van der Waals surface area contributed by atoms with Crippen LogP contribution in [-0.4, -0.2) is 9.97 Å². The standard InChI is InChI=1S/C32H24N2O2/c1-5-13-23(14-6-1)29-31(25-17-9-3-10-18-25)35-27(33-29)21-22-28-34-30(24-15-7-2-8-16-24)32(36-28)26-19-11-4-12-20-26/h1-20H,21-22H2. The van der Waals surface area contributed by atoms with Crippen LogP contribution in [0, 0.1) is 0 Å². The lowest BCUT2D eigenvalue weighted by molar-refractivity contribution is 0.468. The Morgan fingerprint density at radius 2 is 0.694 bits per heavy atom. The Morgan fingerprint density at radius 3 is 1.03 bits per heavy atom. The van der Waals surface area contributed by atoms with Gasteiger partial charge in [-0.05, 0) is 0 Å². The van der Waals surface area contributed by atoms with Crippen molar-refractivity contribution in [1.29, 1.82) is 0 Å². The van der Waals surface area contributed by atoms with Gasteiger partial charge in [0.2, 0.25) is 0 Å². The van der Waals surface area contributed by atoms with E-state index in [9.17, 15) is 0 Å². The zero-order valence-electron chi connectivity index (χ0n) is 19.7. The second-order valence-corrected chi connectivity index (χ2v) is 8.53. The highest BCUT2D eigenvalue weighted by molar-refractivity contribution is 5.77. The molecule has 0 radical (unpaired) electrons. The van der Waals surface area contributed by atoms with E-state index in [1.807, 2.05) is 97.1 Å². The minimum Gasteiger partial charge on any atom is -0.440 e. The van der Waals surface area contributed by atoms with Crippen LogP contribution in [0.15, 0.2) is 130 Å². The summed E-state index contributed by atoms with van der Waals surface area (Å²) >= 11 is 0. The Balaban J connectivity index is 1.33. The van der Waals surface area contributed by atoms with Crippen molar-refractivity contribution in [3.8, 4) is 45.2 Å². The zero-order chi connectivity index (χ0) is 24.2. The van der Waals surface area contributed by atoms with Gasteiger partial charge in [0.25, 0.3) is 0 Å². The van der Waals surface area contributed by atoms with Crippen molar-refractivity contribution in [2.75, 3.05) is 0 Å². The summed E-state index contributed by atoms with van der Waals surface area (Å²) in [4.78, 5) is 9.76. The number of oxazole rings is 2. The van der Waals surface area contributed by atoms with Gasteiger partial charge in [-0.1, -0.05) is 121 Å². The first kappa shape index (κ1) is 21.8. The number of rotatable bonds is 7. The minimum atomic E-state index is 0.579. The molecule has 6 aromatic rings. The first-order valence-corrected chi connectivity index (χ1v) is 12.1. The zero-order valence-corrected chi connectivity index (χ0v) is 19.7. The van der Waals surface area contributed by atoms with Gasteiger partial charge in [0.1, 0.15) is 11.4 Å². The number of hydrogen-bond acceptors (Lipinski definition) is 4. The van der Waals surface area contributed by atoms with Crippen molar-refractivity contribution >= 4 is 0 Å². The summed E-state index contributed by atoms with van der Waals surface area (Å²) in [5.74, 6) is 2.88. The van der Waals surface area contributed by atoms with Gasteiger partial charge in [-0.2, -0.15) is 0 Å². The Bertz CT molecular complexity index is 1320. The summed E-state index contributed by atoms with van der Waals surface area (Å²) in [6.07, 6.45) is 1.16. The summed E-state index contributed by atoms with van der Waals surface area (Å²) in [5, 5.41) is 0. The second kappa shape index (κ2) is 9.88. The number of hydrogen-bond donors (Lipinski definition) is 0. The van der Waals surface area contributed by atoms with Crippen molar-refractivity contribution < 1.29 is 8.83 Å². The maximum atomic E-state index is 6.30. The van der Waals surface area contributed by atoms with Gasteiger partial charge in [0, 0.05) is 35.1 Å². The van der Waals surface area contributed by atoms with Crippen LogP contribution in [0.3, 0.4) is 0 Å². The molecule has 4 nitrogen and oxygen atoms in total. The predicted octanol–water partition coefficient (Wildman–Crippen LogP) is 8.12. The summed E-state index contributed by atoms with van der Waals surface area (Å²) in [7, 11) is 0. The molecule has 2 aromatic heterocycles. The molecule has 0 saturated heterocycles. The Morgan fingerprint density at radius 1 is 0.389 bits per heavy atom. The van der Waals surface area contributed by atoms with Crippen molar-refractivity contribution in [1.82, 2.24) is 9.97 Å². The number of aromatic nitrogens is 2. The molecule has 0 aliphatic heterocycles. The summed E-state index contributed by atoms with van der Waals surface area (Å²) in [6.45, 7) is 0. The Labute approximate surface area is 209 Å². The van der Waals surface area contributed by atoms with Crippen LogP contribution in [0.4, 0.5) is 0 Å². The van der Waals surface area contributed by atoms with Crippen LogP contribution in [0.5, 0.6) is 0 Å². The fourth-order valence-electron chi connectivity index (χ4n) is 4.31. The number of benzene rings is 4. The highest BCUT2D eigenvalue weighted by atomic mass is 16.4. The molecule has 174 valence electrons. The maximum Gasteiger partial charge on any atom is 0.196 e. The molecular weight excluding hydrogens is 444 g/mol. The van der Waals surface area contributed by atoms with E-state index in [0.717, 1.165) is 45.2 Å². The van der Waals surface area contributed by atoms with E-state index >= 15 is 0 Å². The molecule has 0 fully saturated rings. The average Bonchev–Trinajstić information content (AvgIpc) is 3.59. The minimum absolute atomic E-state index is 0.579. The van der Waals surface area contributed by atoms with Gasteiger partial charge in [-0.25, -0.2) is 9.97 Å². The van der Waals surface area contributed by atoms with E-state index in [4.69, 9.17) is 18.8 Å². The van der Waals surface area contributed by atoms with Crippen molar-refractivity contribution in [2.24, 2.45) is 0 Å². The van der Waals surface area contributed by atoms with E-state index in [1.54, 1.807) is 0 Å². The van der Waals surface area contributed by atoms with Crippen molar-refractivity contribution in [3.63, 3.8) is 0 Å². The monoisotopic (exact) mass is 468 g/mol. The maximum absolute atomic E-state index is 6.30. The van der Waals surface area contributed by atoms with Crippen molar-refractivity contribution in [3.05, 3.63) is 133 Å². The highest BCUT2D eigenvalue weighted by Crippen LogP contribution is 2.35. The van der Waals surface area contributed by atoms with Crippen LogP contribution in [-0.2, 0) is 12.8 Å². The third-order valence-electron chi connectivity index (χ3n) is 6.06. The van der Waals surface area contributed by atoms with Crippen LogP contribution < -0.4 is 0 Å². The van der Waals surface area contributed by atoms with E-state index in [1.165, 1.54) is 0 Å². The molecule has 0 aliphatic rings. The number of nitrogens with zero attached hydrogens (tertiary/aromatic N) is 2. The first-order chi connectivity index (χ1) is 17.8. The smallest absolute Gasteiger partial charge is 0.196 e. The van der Waals surface area contributed by atoms with Gasteiger partial charge in [-0.3, -0.25) is 0 Å². The van der Waals surface area contributed by atoms with E-state index in [-0.39, 0.29) is 0 Å². The lowest BCUT2D eigenvalue weighted by Gasteiger charge is -2.00. The molecule has 0 atom stereocenters. The lowest BCUT2D eigenvalue weighted by atomic mass is 10.1. The molecule has 2 heterocycles. The molecule has 0 aliphatic carbocycles. The van der Waals surface area contributed by atoms with Gasteiger partial charge in [-0.15, -0.1) is 0 Å². The SMILES string of the molecule is c1ccc(-c2nc(CCc3nc(-c4ccccc4)c(-c4ccccc4)o3)oc2-c2ccccc2)cc1. The number of aryl methyl sites for hydroxylation is 2. The lowest BCUT2D eigenvalue weighted by Crippen LogP contribution is -1.92. The molecule has 0 amide bonds. The van der Waals surface area contributed by atoms with E-state index in [2.05, 4.69) is 24.3 Å².